The van der Waals surface area contributed by atoms with Gasteiger partial charge in [-0.1, -0.05) is 6.07 Å². The maximum Gasteiger partial charge on any atom is 0.416 e. The van der Waals surface area contributed by atoms with Crippen LogP contribution in [0.1, 0.15) is 31.7 Å². The van der Waals surface area contributed by atoms with Gasteiger partial charge in [-0.25, -0.2) is 8.42 Å². The van der Waals surface area contributed by atoms with E-state index in [0.29, 0.717) is 38.4 Å². The Balaban J connectivity index is 1.78. The normalized spacial score (nSPS) is 21.5. The number of benzene rings is 1. The molecule has 1 amide bonds. The number of hydrogen-bond donors (Lipinski definition) is 0. The Bertz CT molecular complexity index is 800. The third-order valence-corrected chi connectivity index (χ3v) is 7.36. The minimum Gasteiger partial charge on any atom is -0.342 e. The average molecular weight is 390 g/mol. The molecule has 1 aromatic carbocycles. The predicted octanol–water partition coefficient (Wildman–Crippen LogP) is 2.73. The number of piperidine rings is 1. The number of amides is 1. The topological polar surface area (TPSA) is 57.7 Å². The van der Waals surface area contributed by atoms with Crippen LogP contribution in [-0.2, 0) is 21.0 Å². The van der Waals surface area contributed by atoms with Crippen molar-refractivity contribution in [3.8, 4) is 0 Å². The Morgan fingerprint density at radius 3 is 2.27 bits per heavy atom. The monoisotopic (exact) mass is 390 g/mol. The summed E-state index contributed by atoms with van der Waals surface area (Å²) >= 11 is 0. The molecule has 0 unspecified atom stereocenters. The van der Waals surface area contributed by atoms with Crippen molar-refractivity contribution in [2.75, 3.05) is 26.2 Å². The standard InChI is InChI=1S/C17H21F3N2O3S/c1-2-21-9-6-16(15(21)23)7-10-22(11-8-16)26(24,25)14-5-3-4-13(12-14)17(18,19)20/h3-5,12H,2,6-11H2,1H3. The van der Waals surface area contributed by atoms with E-state index >= 15 is 0 Å². The number of carbonyl (C=O) groups excluding carboxylic acids is 1. The van der Waals surface area contributed by atoms with Crippen LogP contribution in [0.5, 0.6) is 0 Å². The van der Waals surface area contributed by atoms with Crippen LogP contribution in [-0.4, -0.2) is 49.7 Å². The molecular formula is C17H21F3N2O3S. The molecule has 0 N–H and O–H groups in total. The lowest BCUT2D eigenvalue weighted by Gasteiger charge is -2.37. The maximum atomic E-state index is 12.9. The van der Waals surface area contributed by atoms with Crippen molar-refractivity contribution in [1.82, 2.24) is 9.21 Å². The number of alkyl halides is 3. The molecule has 0 atom stereocenters. The molecule has 0 aromatic heterocycles. The number of sulfonamides is 1. The summed E-state index contributed by atoms with van der Waals surface area (Å²) in [5, 5.41) is 0. The highest BCUT2D eigenvalue weighted by Gasteiger charge is 2.49. The van der Waals surface area contributed by atoms with Gasteiger partial charge < -0.3 is 4.90 Å². The number of nitrogens with zero attached hydrogens (tertiary/aromatic N) is 2. The second kappa shape index (κ2) is 6.53. The van der Waals surface area contributed by atoms with Gasteiger partial charge in [-0.05, 0) is 44.4 Å². The lowest BCUT2D eigenvalue weighted by Crippen LogP contribution is -2.46. The molecule has 9 heteroatoms. The number of halogens is 3. The zero-order chi connectivity index (χ0) is 19.2. The third-order valence-electron chi connectivity index (χ3n) is 5.46. The highest BCUT2D eigenvalue weighted by Crippen LogP contribution is 2.42. The number of rotatable bonds is 3. The molecule has 2 aliphatic heterocycles. The van der Waals surface area contributed by atoms with E-state index in [9.17, 15) is 26.4 Å². The van der Waals surface area contributed by atoms with Crippen LogP contribution in [0.3, 0.4) is 0 Å². The van der Waals surface area contributed by atoms with E-state index in [4.69, 9.17) is 0 Å². The smallest absolute Gasteiger partial charge is 0.342 e. The number of hydrogen-bond acceptors (Lipinski definition) is 3. The second-order valence-corrected chi connectivity index (χ2v) is 8.78. The van der Waals surface area contributed by atoms with Crippen LogP contribution in [0.15, 0.2) is 29.2 Å². The van der Waals surface area contributed by atoms with Crippen molar-refractivity contribution in [2.24, 2.45) is 5.41 Å². The van der Waals surface area contributed by atoms with Crippen LogP contribution < -0.4 is 0 Å². The fraction of sp³-hybridized carbons (Fsp3) is 0.588. The first kappa shape index (κ1) is 19.2. The maximum absolute atomic E-state index is 12.9. The fourth-order valence-electron chi connectivity index (χ4n) is 3.79. The van der Waals surface area contributed by atoms with Gasteiger partial charge in [0.05, 0.1) is 15.9 Å². The van der Waals surface area contributed by atoms with Crippen LogP contribution in [0.4, 0.5) is 13.2 Å². The second-order valence-electron chi connectivity index (χ2n) is 6.84. The molecule has 5 nitrogen and oxygen atoms in total. The molecule has 1 spiro atoms. The van der Waals surface area contributed by atoms with E-state index in [1.165, 1.54) is 10.4 Å². The first-order valence-electron chi connectivity index (χ1n) is 8.57. The molecule has 3 rings (SSSR count). The van der Waals surface area contributed by atoms with Gasteiger partial charge in [0.2, 0.25) is 15.9 Å². The zero-order valence-electron chi connectivity index (χ0n) is 14.4. The Kier molecular flexibility index (Phi) is 4.81. The molecular weight excluding hydrogens is 369 g/mol. The first-order valence-corrected chi connectivity index (χ1v) is 10.0. The number of likely N-dealkylation sites (tertiary alicyclic amines) is 1. The van der Waals surface area contributed by atoms with Gasteiger partial charge in [0.1, 0.15) is 0 Å². The predicted molar refractivity (Wildman–Crippen MR) is 88.7 cm³/mol. The van der Waals surface area contributed by atoms with Crippen LogP contribution in [0.2, 0.25) is 0 Å². The summed E-state index contributed by atoms with van der Waals surface area (Å²) in [6.45, 7) is 3.50. The lowest BCUT2D eigenvalue weighted by molar-refractivity contribution is -0.138. The molecule has 0 radical (unpaired) electrons. The molecule has 0 bridgehead atoms. The summed E-state index contributed by atoms with van der Waals surface area (Å²) in [6, 6.07) is 3.79. The summed E-state index contributed by atoms with van der Waals surface area (Å²) in [6.07, 6.45) is -3.09. The third kappa shape index (κ3) is 3.22. The van der Waals surface area contributed by atoms with Crippen molar-refractivity contribution >= 4 is 15.9 Å². The molecule has 2 fully saturated rings. The van der Waals surface area contributed by atoms with Crippen LogP contribution in [0, 0.1) is 5.41 Å². The molecule has 2 aliphatic rings. The summed E-state index contributed by atoms with van der Waals surface area (Å²) in [7, 11) is -4.02. The minimum absolute atomic E-state index is 0.0658. The van der Waals surface area contributed by atoms with Gasteiger partial charge in [0, 0.05) is 26.2 Å². The van der Waals surface area contributed by atoms with Gasteiger partial charge >= 0.3 is 6.18 Å². The number of carbonyl (C=O) groups is 1. The Morgan fingerprint density at radius 2 is 1.73 bits per heavy atom. The average Bonchev–Trinajstić information content (AvgIpc) is 2.90. The van der Waals surface area contributed by atoms with Crippen LogP contribution in [0.25, 0.3) is 0 Å². The first-order chi connectivity index (χ1) is 12.1. The highest BCUT2D eigenvalue weighted by atomic mass is 32.2. The summed E-state index contributed by atoms with van der Waals surface area (Å²) in [5.74, 6) is 0.0658. The van der Waals surface area contributed by atoms with E-state index in [0.717, 1.165) is 12.1 Å². The zero-order valence-corrected chi connectivity index (χ0v) is 15.2. The fourth-order valence-corrected chi connectivity index (χ4v) is 5.28. The summed E-state index contributed by atoms with van der Waals surface area (Å²) in [5.41, 5.74) is -1.51. The Morgan fingerprint density at radius 1 is 1.12 bits per heavy atom. The van der Waals surface area contributed by atoms with E-state index in [1.807, 2.05) is 6.92 Å². The van der Waals surface area contributed by atoms with E-state index in [-0.39, 0.29) is 23.9 Å². The van der Waals surface area contributed by atoms with Crippen molar-refractivity contribution in [1.29, 1.82) is 0 Å². The van der Waals surface area contributed by atoms with Gasteiger partial charge in [-0.15, -0.1) is 0 Å². The minimum atomic E-state index is -4.60. The summed E-state index contributed by atoms with van der Waals surface area (Å²) < 4.78 is 65.2. The molecule has 144 valence electrons. The molecule has 1 aromatic rings. The molecule has 2 saturated heterocycles. The molecule has 0 saturated carbocycles. The molecule has 0 aliphatic carbocycles. The molecule has 2 heterocycles. The van der Waals surface area contributed by atoms with Crippen molar-refractivity contribution < 1.29 is 26.4 Å². The van der Waals surface area contributed by atoms with Gasteiger partial charge in [0.15, 0.2) is 0 Å². The van der Waals surface area contributed by atoms with Gasteiger partial charge in [-0.3, -0.25) is 4.79 Å². The van der Waals surface area contributed by atoms with Crippen LogP contribution >= 0.6 is 0 Å². The Labute approximate surface area is 150 Å². The van der Waals surface area contributed by atoms with E-state index < -0.39 is 27.2 Å². The van der Waals surface area contributed by atoms with Gasteiger partial charge in [0.25, 0.3) is 0 Å². The Hall–Kier alpha value is -1.61. The van der Waals surface area contributed by atoms with E-state index in [2.05, 4.69) is 0 Å². The van der Waals surface area contributed by atoms with Gasteiger partial charge in [-0.2, -0.15) is 17.5 Å². The van der Waals surface area contributed by atoms with Crippen molar-refractivity contribution in [3.63, 3.8) is 0 Å². The SMILES string of the molecule is CCN1CCC2(CCN(S(=O)(=O)c3cccc(C(F)(F)F)c3)CC2)C1=O. The van der Waals surface area contributed by atoms with Crippen molar-refractivity contribution in [2.45, 2.75) is 37.3 Å². The molecule has 26 heavy (non-hydrogen) atoms. The van der Waals surface area contributed by atoms with E-state index in [1.54, 1.807) is 4.90 Å². The summed E-state index contributed by atoms with van der Waals surface area (Å²) in [4.78, 5) is 13.9. The highest BCUT2D eigenvalue weighted by molar-refractivity contribution is 7.89. The lowest BCUT2D eigenvalue weighted by atomic mass is 9.77. The van der Waals surface area contributed by atoms with Crippen molar-refractivity contribution in [3.05, 3.63) is 29.8 Å². The quantitative estimate of drug-likeness (QED) is 0.798. The largest absolute Gasteiger partial charge is 0.416 e.